The molecular weight excluding hydrogens is 298 g/mol. The average molecular weight is 317 g/mol. The number of rotatable bonds is 5. The van der Waals surface area contributed by atoms with Crippen molar-refractivity contribution in [2.24, 2.45) is 0 Å². The number of benzene rings is 1. The number of amides is 1. The molecule has 4 nitrogen and oxygen atoms in total. The quantitative estimate of drug-likeness (QED) is 0.919. The maximum Gasteiger partial charge on any atom is 0.252 e. The molecule has 116 valence electrons. The Labute approximate surface area is 134 Å². The summed E-state index contributed by atoms with van der Waals surface area (Å²) in [5.41, 5.74) is 2.80. The molecule has 0 radical (unpaired) electrons. The summed E-state index contributed by atoms with van der Waals surface area (Å²) in [5, 5.41) is 6.67. The second-order valence-electron chi connectivity index (χ2n) is 5.33. The molecule has 0 unspecified atom stereocenters. The normalized spacial score (nSPS) is 16.0. The van der Waals surface area contributed by atoms with Gasteiger partial charge in [-0.05, 0) is 37.4 Å². The van der Waals surface area contributed by atoms with Gasteiger partial charge in [0, 0.05) is 35.0 Å². The zero-order valence-corrected chi connectivity index (χ0v) is 13.5. The summed E-state index contributed by atoms with van der Waals surface area (Å²) in [5.74, 6) is 1.65. The van der Waals surface area contributed by atoms with Crippen molar-refractivity contribution in [3.05, 3.63) is 45.6 Å². The minimum atomic E-state index is -0.0708. The van der Waals surface area contributed by atoms with Crippen LogP contribution >= 0.6 is 11.3 Å². The molecule has 1 amide bonds. The fourth-order valence-corrected chi connectivity index (χ4v) is 3.22. The smallest absolute Gasteiger partial charge is 0.252 e. The number of ether oxygens (including phenoxy) is 2. The summed E-state index contributed by atoms with van der Waals surface area (Å²) < 4.78 is 11.5. The predicted octanol–water partition coefficient (Wildman–Crippen LogP) is 3.40. The topological polar surface area (TPSA) is 47.6 Å². The summed E-state index contributed by atoms with van der Waals surface area (Å²) >= 11 is 1.51. The average Bonchev–Trinajstić information content (AvgIpc) is 3.13. The van der Waals surface area contributed by atoms with Crippen LogP contribution in [0.2, 0.25) is 0 Å². The van der Waals surface area contributed by atoms with Crippen LogP contribution in [0.25, 0.3) is 0 Å². The molecule has 2 aromatic rings. The van der Waals surface area contributed by atoms with Crippen molar-refractivity contribution in [2.45, 2.75) is 32.9 Å². The zero-order valence-electron chi connectivity index (χ0n) is 12.7. The van der Waals surface area contributed by atoms with Crippen molar-refractivity contribution in [2.75, 3.05) is 6.61 Å². The number of hydrogen-bond donors (Lipinski definition) is 1. The van der Waals surface area contributed by atoms with Crippen molar-refractivity contribution >= 4 is 17.2 Å². The highest BCUT2D eigenvalue weighted by molar-refractivity contribution is 7.08. The lowest BCUT2D eigenvalue weighted by molar-refractivity contribution is 0.0951. The second-order valence-corrected chi connectivity index (χ2v) is 6.11. The molecule has 1 atom stereocenters. The van der Waals surface area contributed by atoms with Crippen LogP contribution in [0.15, 0.2) is 29.0 Å². The molecule has 0 bridgehead atoms. The summed E-state index contributed by atoms with van der Waals surface area (Å²) in [6, 6.07) is 5.84. The predicted molar refractivity (Wildman–Crippen MR) is 86.9 cm³/mol. The van der Waals surface area contributed by atoms with Gasteiger partial charge in [0.15, 0.2) is 0 Å². The van der Waals surface area contributed by atoms with Gasteiger partial charge in [0.05, 0.1) is 6.61 Å². The molecule has 1 aromatic heterocycles. The van der Waals surface area contributed by atoms with Gasteiger partial charge in [0.1, 0.15) is 17.6 Å². The number of hydrogen-bond acceptors (Lipinski definition) is 4. The van der Waals surface area contributed by atoms with E-state index in [1.54, 1.807) is 0 Å². The molecule has 0 saturated carbocycles. The molecule has 3 rings (SSSR count). The molecule has 0 aliphatic carbocycles. The van der Waals surface area contributed by atoms with Crippen molar-refractivity contribution < 1.29 is 14.3 Å². The van der Waals surface area contributed by atoms with Crippen LogP contribution in [0.4, 0.5) is 0 Å². The van der Waals surface area contributed by atoms with E-state index >= 15 is 0 Å². The highest BCUT2D eigenvalue weighted by Crippen LogP contribution is 2.35. The molecule has 22 heavy (non-hydrogen) atoms. The van der Waals surface area contributed by atoms with E-state index in [0.29, 0.717) is 18.7 Å². The molecular formula is C17H19NO3S. The minimum Gasteiger partial charge on any atom is -0.494 e. The Balaban J connectivity index is 1.77. The molecule has 1 aliphatic heterocycles. The van der Waals surface area contributed by atoms with Crippen molar-refractivity contribution in [3.8, 4) is 11.5 Å². The zero-order chi connectivity index (χ0) is 15.5. The third-order valence-corrected chi connectivity index (χ3v) is 4.28. The van der Waals surface area contributed by atoms with Gasteiger partial charge in [-0.25, -0.2) is 0 Å². The first-order valence-electron chi connectivity index (χ1n) is 7.43. The molecule has 0 saturated heterocycles. The molecule has 0 fully saturated rings. The number of carbonyl (C=O) groups is 1. The van der Waals surface area contributed by atoms with Crippen LogP contribution in [0, 0.1) is 0 Å². The van der Waals surface area contributed by atoms with Crippen molar-refractivity contribution in [1.82, 2.24) is 5.32 Å². The van der Waals surface area contributed by atoms with E-state index in [9.17, 15) is 4.79 Å². The van der Waals surface area contributed by atoms with Crippen LogP contribution in [0.1, 0.15) is 35.3 Å². The van der Waals surface area contributed by atoms with E-state index in [-0.39, 0.29) is 12.0 Å². The van der Waals surface area contributed by atoms with E-state index in [2.05, 4.69) is 12.2 Å². The standard InChI is InChI=1S/C17H19NO3S/c1-3-20-15-7-13-6-11(2)21-16(13)8-14(15)9-18-17(19)12-4-5-22-10-12/h4-5,7-8,10-11H,3,6,9H2,1-2H3,(H,18,19)/t11-/m1/s1. The lowest BCUT2D eigenvalue weighted by Crippen LogP contribution is -2.22. The first-order valence-corrected chi connectivity index (χ1v) is 8.37. The fraction of sp³-hybridized carbons (Fsp3) is 0.353. The number of nitrogens with one attached hydrogen (secondary N) is 1. The van der Waals surface area contributed by atoms with Gasteiger partial charge in [-0.3, -0.25) is 4.79 Å². The lowest BCUT2D eigenvalue weighted by Gasteiger charge is -2.13. The van der Waals surface area contributed by atoms with Crippen LogP contribution in [0.3, 0.4) is 0 Å². The summed E-state index contributed by atoms with van der Waals surface area (Å²) in [6.07, 6.45) is 1.09. The van der Waals surface area contributed by atoms with Crippen LogP contribution in [-0.4, -0.2) is 18.6 Å². The van der Waals surface area contributed by atoms with E-state index in [1.165, 1.54) is 16.9 Å². The number of fused-ring (bicyclic) bond motifs is 1. The van der Waals surface area contributed by atoms with Crippen LogP contribution < -0.4 is 14.8 Å². The van der Waals surface area contributed by atoms with E-state index < -0.39 is 0 Å². The van der Waals surface area contributed by atoms with Gasteiger partial charge in [0.2, 0.25) is 0 Å². The SMILES string of the molecule is CCOc1cc2c(cc1CNC(=O)c1ccsc1)O[C@H](C)C2. The van der Waals surface area contributed by atoms with Gasteiger partial charge in [-0.15, -0.1) is 0 Å². The first-order chi connectivity index (χ1) is 10.7. The molecule has 0 spiro atoms. The summed E-state index contributed by atoms with van der Waals surface area (Å²) in [4.78, 5) is 12.1. The third-order valence-electron chi connectivity index (χ3n) is 3.60. The Kier molecular flexibility index (Phi) is 4.34. The van der Waals surface area contributed by atoms with Gasteiger partial charge < -0.3 is 14.8 Å². The number of carbonyl (C=O) groups excluding carboxylic acids is 1. The number of thiophene rings is 1. The Bertz CT molecular complexity index is 667. The summed E-state index contributed by atoms with van der Waals surface area (Å²) in [7, 11) is 0. The maximum absolute atomic E-state index is 12.1. The van der Waals surface area contributed by atoms with Gasteiger partial charge in [0.25, 0.3) is 5.91 Å². The highest BCUT2D eigenvalue weighted by atomic mass is 32.1. The maximum atomic E-state index is 12.1. The molecule has 1 aromatic carbocycles. The van der Waals surface area contributed by atoms with E-state index in [1.807, 2.05) is 35.9 Å². The van der Waals surface area contributed by atoms with Gasteiger partial charge in [-0.1, -0.05) is 0 Å². The van der Waals surface area contributed by atoms with Crippen molar-refractivity contribution in [3.63, 3.8) is 0 Å². The highest BCUT2D eigenvalue weighted by Gasteiger charge is 2.22. The van der Waals surface area contributed by atoms with Crippen LogP contribution in [-0.2, 0) is 13.0 Å². The first kappa shape index (κ1) is 14.9. The minimum absolute atomic E-state index is 0.0708. The van der Waals surface area contributed by atoms with Crippen LogP contribution in [0.5, 0.6) is 11.5 Å². The monoisotopic (exact) mass is 317 g/mol. The van der Waals surface area contributed by atoms with Gasteiger partial charge in [-0.2, -0.15) is 11.3 Å². The Hall–Kier alpha value is -2.01. The Morgan fingerprint density at radius 3 is 3.09 bits per heavy atom. The largest absolute Gasteiger partial charge is 0.494 e. The molecule has 5 heteroatoms. The molecule has 1 N–H and O–H groups in total. The Morgan fingerprint density at radius 2 is 2.36 bits per heavy atom. The summed E-state index contributed by atoms with van der Waals surface area (Å²) in [6.45, 7) is 5.04. The van der Waals surface area contributed by atoms with E-state index in [4.69, 9.17) is 9.47 Å². The molecule has 2 heterocycles. The lowest BCUT2D eigenvalue weighted by atomic mass is 10.1. The Morgan fingerprint density at radius 1 is 1.50 bits per heavy atom. The van der Waals surface area contributed by atoms with Crippen molar-refractivity contribution in [1.29, 1.82) is 0 Å². The molecule has 1 aliphatic rings. The van der Waals surface area contributed by atoms with Gasteiger partial charge >= 0.3 is 0 Å². The van der Waals surface area contributed by atoms with E-state index in [0.717, 1.165) is 23.5 Å². The fourth-order valence-electron chi connectivity index (χ4n) is 2.58. The second kappa shape index (κ2) is 6.40. The third kappa shape index (κ3) is 3.09.